The number of hydrogen-bond donors (Lipinski definition) is 1. The molecule has 27 heavy (non-hydrogen) atoms. The van der Waals surface area contributed by atoms with Gasteiger partial charge in [0.15, 0.2) is 0 Å². The minimum atomic E-state index is -0.287. The van der Waals surface area contributed by atoms with Crippen LogP contribution in [0.3, 0.4) is 0 Å². The summed E-state index contributed by atoms with van der Waals surface area (Å²) >= 11 is 4.84. The molecule has 0 spiro atoms. The van der Waals surface area contributed by atoms with Crippen LogP contribution >= 0.6 is 27.3 Å². The molecule has 1 aliphatic heterocycles. The quantitative estimate of drug-likeness (QED) is 0.664. The predicted molar refractivity (Wildman–Crippen MR) is 108 cm³/mol. The van der Waals surface area contributed by atoms with Gasteiger partial charge in [-0.05, 0) is 31.4 Å². The highest BCUT2D eigenvalue weighted by Crippen LogP contribution is 2.29. The zero-order valence-electron chi connectivity index (χ0n) is 14.7. The molecule has 2 aromatic heterocycles. The minimum absolute atomic E-state index is 0.0287. The van der Waals surface area contributed by atoms with Crippen molar-refractivity contribution < 1.29 is 4.79 Å². The second-order valence-corrected chi connectivity index (χ2v) is 8.26. The van der Waals surface area contributed by atoms with Gasteiger partial charge in [0, 0.05) is 29.3 Å². The highest BCUT2D eigenvalue weighted by atomic mass is 79.9. The van der Waals surface area contributed by atoms with Crippen LogP contribution in [0.25, 0.3) is 4.96 Å². The topological polar surface area (TPSA) is 79.6 Å². The molecule has 3 heterocycles. The van der Waals surface area contributed by atoms with E-state index in [4.69, 9.17) is 0 Å². The first-order chi connectivity index (χ1) is 13.0. The first-order valence-electron chi connectivity index (χ1n) is 8.68. The number of anilines is 1. The molecule has 0 unspecified atom stereocenters. The summed E-state index contributed by atoms with van der Waals surface area (Å²) in [6.45, 7) is 2.99. The van der Waals surface area contributed by atoms with Gasteiger partial charge in [0.05, 0.1) is 0 Å². The monoisotopic (exact) mass is 447 g/mol. The number of fused-ring (bicyclic) bond motifs is 1. The molecule has 3 aromatic rings. The Balaban J connectivity index is 1.53. The van der Waals surface area contributed by atoms with Crippen LogP contribution in [0, 0.1) is 6.92 Å². The van der Waals surface area contributed by atoms with Gasteiger partial charge < -0.3 is 10.2 Å². The molecule has 1 amide bonds. The third-order valence-electron chi connectivity index (χ3n) is 4.57. The van der Waals surface area contributed by atoms with Crippen molar-refractivity contribution in [3.8, 4) is 0 Å². The highest BCUT2D eigenvalue weighted by molar-refractivity contribution is 9.10. The van der Waals surface area contributed by atoms with Crippen LogP contribution in [-0.4, -0.2) is 33.1 Å². The average molecular weight is 448 g/mol. The third-order valence-corrected chi connectivity index (χ3v) is 6.29. The standard InChI is InChI=1S/C18H18BrN5O2S/c1-11-9-15(25)24-17(21-11)27-18(22-24)23-8-4-7-14(23)16(26)20-10-12-5-2-3-6-13(12)19/h2-3,5-6,9,14H,4,7-8,10H2,1H3,(H,20,26)/t14-/m1/s1. The molecule has 4 rings (SSSR count). The summed E-state index contributed by atoms with van der Waals surface area (Å²) in [5.74, 6) is -0.0287. The largest absolute Gasteiger partial charge is 0.350 e. The SMILES string of the molecule is Cc1cc(=O)n2nc(N3CCC[C@@H]3C(=O)NCc3ccccc3Br)sc2n1. The fourth-order valence-corrected chi connectivity index (χ4v) is 4.69. The van der Waals surface area contributed by atoms with Crippen molar-refractivity contribution in [2.45, 2.75) is 32.4 Å². The molecule has 7 nitrogen and oxygen atoms in total. The lowest BCUT2D eigenvalue weighted by Crippen LogP contribution is -2.43. The summed E-state index contributed by atoms with van der Waals surface area (Å²) in [5, 5.41) is 8.07. The highest BCUT2D eigenvalue weighted by Gasteiger charge is 2.33. The van der Waals surface area contributed by atoms with Crippen LogP contribution in [0.15, 0.2) is 39.6 Å². The Bertz CT molecular complexity index is 1060. The summed E-state index contributed by atoms with van der Waals surface area (Å²) in [4.78, 5) is 31.8. The molecule has 1 N–H and O–H groups in total. The van der Waals surface area contributed by atoms with Gasteiger partial charge in [-0.25, -0.2) is 4.98 Å². The number of carbonyl (C=O) groups is 1. The predicted octanol–water partition coefficient (Wildman–Crippen LogP) is 2.51. The van der Waals surface area contributed by atoms with E-state index in [2.05, 4.69) is 31.3 Å². The molecule has 1 atom stereocenters. The van der Waals surface area contributed by atoms with Crippen molar-refractivity contribution in [2.24, 2.45) is 0 Å². The number of aryl methyl sites for hydroxylation is 1. The van der Waals surface area contributed by atoms with E-state index in [1.807, 2.05) is 29.2 Å². The molecular weight excluding hydrogens is 430 g/mol. The Morgan fingerprint density at radius 3 is 3.04 bits per heavy atom. The lowest BCUT2D eigenvalue weighted by Gasteiger charge is -2.22. The summed E-state index contributed by atoms with van der Waals surface area (Å²) in [6.07, 6.45) is 1.67. The van der Waals surface area contributed by atoms with E-state index < -0.39 is 0 Å². The molecule has 1 aliphatic rings. The number of amides is 1. The van der Waals surface area contributed by atoms with E-state index in [9.17, 15) is 9.59 Å². The molecule has 1 saturated heterocycles. The zero-order chi connectivity index (χ0) is 19.0. The number of nitrogens with zero attached hydrogens (tertiary/aromatic N) is 4. The number of hydrogen-bond acceptors (Lipinski definition) is 6. The van der Waals surface area contributed by atoms with Crippen LogP contribution in [0.4, 0.5) is 5.13 Å². The van der Waals surface area contributed by atoms with E-state index in [0.29, 0.717) is 22.3 Å². The first kappa shape index (κ1) is 18.1. The van der Waals surface area contributed by atoms with Gasteiger partial charge in [0.1, 0.15) is 6.04 Å². The van der Waals surface area contributed by atoms with Crippen molar-refractivity contribution in [1.82, 2.24) is 19.9 Å². The molecule has 140 valence electrons. The Morgan fingerprint density at radius 1 is 1.41 bits per heavy atom. The molecular formula is C18H18BrN5O2S. The van der Waals surface area contributed by atoms with Crippen LogP contribution in [0.1, 0.15) is 24.1 Å². The fourth-order valence-electron chi connectivity index (χ4n) is 3.24. The molecule has 9 heteroatoms. The second-order valence-electron chi connectivity index (χ2n) is 6.48. The number of aromatic nitrogens is 3. The van der Waals surface area contributed by atoms with Gasteiger partial charge in [-0.1, -0.05) is 45.5 Å². The number of rotatable bonds is 4. The summed E-state index contributed by atoms with van der Waals surface area (Å²) in [6, 6.07) is 9.00. The van der Waals surface area contributed by atoms with Crippen LogP contribution in [0.5, 0.6) is 0 Å². The number of halogens is 1. The summed E-state index contributed by atoms with van der Waals surface area (Å²) < 4.78 is 2.28. The number of nitrogens with one attached hydrogen (secondary N) is 1. The lowest BCUT2D eigenvalue weighted by molar-refractivity contribution is -0.122. The Hall–Kier alpha value is -2.26. The van der Waals surface area contributed by atoms with Crippen LogP contribution in [0.2, 0.25) is 0 Å². The molecule has 0 saturated carbocycles. The second kappa shape index (κ2) is 7.40. The lowest BCUT2D eigenvalue weighted by atomic mass is 10.2. The van der Waals surface area contributed by atoms with Crippen LogP contribution < -0.4 is 15.8 Å². The van der Waals surface area contributed by atoms with E-state index in [0.717, 1.165) is 29.4 Å². The van der Waals surface area contributed by atoms with Gasteiger partial charge in [-0.3, -0.25) is 9.59 Å². The molecule has 1 fully saturated rings. The Labute approximate surface area is 168 Å². The molecule has 1 aromatic carbocycles. The van der Waals surface area contributed by atoms with E-state index in [1.165, 1.54) is 21.9 Å². The molecule has 0 radical (unpaired) electrons. The van der Waals surface area contributed by atoms with Gasteiger partial charge in [-0.15, -0.1) is 5.10 Å². The zero-order valence-corrected chi connectivity index (χ0v) is 17.1. The van der Waals surface area contributed by atoms with E-state index in [1.54, 1.807) is 6.92 Å². The van der Waals surface area contributed by atoms with Crippen molar-refractivity contribution in [3.63, 3.8) is 0 Å². The maximum Gasteiger partial charge on any atom is 0.275 e. The fraction of sp³-hybridized carbons (Fsp3) is 0.333. The summed E-state index contributed by atoms with van der Waals surface area (Å²) in [5.41, 5.74) is 1.50. The minimum Gasteiger partial charge on any atom is -0.350 e. The molecule has 0 bridgehead atoms. The number of carbonyl (C=O) groups excluding carboxylic acids is 1. The van der Waals surface area contributed by atoms with Crippen molar-refractivity contribution in [3.05, 3.63) is 56.4 Å². The van der Waals surface area contributed by atoms with Gasteiger partial charge >= 0.3 is 0 Å². The van der Waals surface area contributed by atoms with Gasteiger partial charge in [-0.2, -0.15) is 4.52 Å². The average Bonchev–Trinajstić information content (AvgIpc) is 3.27. The third kappa shape index (κ3) is 3.61. The van der Waals surface area contributed by atoms with Crippen molar-refractivity contribution in [2.75, 3.05) is 11.4 Å². The Kier molecular flexibility index (Phi) is 4.96. The Morgan fingerprint density at radius 2 is 2.22 bits per heavy atom. The molecule has 0 aliphatic carbocycles. The summed E-state index contributed by atoms with van der Waals surface area (Å²) in [7, 11) is 0. The maximum absolute atomic E-state index is 12.8. The van der Waals surface area contributed by atoms with Gasteiger partial charge in [0.25, 0.3) is 5.56 Å². The van der Waals surface area contributed by atoms with E-state index >= 15 is 0 Å². The van der Waals surface area contributed by atoms with Crippen molar-refractivity contribution in [1.29, 1.82) is 0 Å². The van der Waals surface area contributed by atoms with Gasteiger partial charge in [0.2, 0.25) is 16.0 Å². The number of benzene rings is 1. The normalized spacial score (nSPS) is 16.8. The van der Waals surface area contributed by atoms with Crippen molar-refractivity contribution >= 4 is 43.3 Å². The maximum atomic E-state index is 12.8. The van der Waals surface area contributed by atoms with Crippen LogP contribution in [-0.2, 0) is 11.3 Å². The smallest absolute Gasteiger partial charge is 0.275 e. The van der Waals surface area contributed by atoms with E-state index in [-0.39, 0.29) is 17.5 Å². The first-order valence-corrected chi connectivity index (χ1v) is 10.3.